The lowest BCUT2D eigenvalue weighted by atomic mass is 9.78. The molecule has 114 valence electrons. The lowest BCUT2D eigenvalue weighted by molar-refractivity contribution is -0.384. The molecule has 0 saturated heterocycles. The van der Waals surface area contributed by atoms with Gasteiger partial charge in [0.2, 0.25) is 0 Å². The summed E-state index contributed by atoms with van der Waals surface area (Å²) in [6.45, 7) is 0. The molecule has 2 aliphatic carbocycles. The summed E-state index contributed by atoms with van der Waals surface area (Å²) in [5.41, 5.74) is 11.6. The number of nitrogens with zero attached hydrogens (tertiary/aromatic N) is 2. The van der Waals surface area contributed by atoms with E-state index < -0.39 is 4.92 Å². The van der Waals surface area contributed by atoms with Crippen LogP contribution in [0.15, 0.2) is 41.4 Å². The Balaban J connectivity index is 1.93. The molecule has 22 heavy (non-hydrogen) atoms. The summed E-state index contributed by atoms with van der Waals surface area (Å²) in [5.74, 6) is -0.528. The molecule has 7 nitrogen and oxygen atoms in total. The highest BCUT2D eigenvalue weighted by Gasteiger charge is 2.48. The number of nitro groups is 1. The summed E-state index contributed by atoms with van der Waals surface area (Å²) in [6, 6.07) is 6.36. The second-order valence-corrected chi connectivity index (χ2v) is 5.72. The maximum Gasteiger partial charge on any atom is 0.269 e. The number of aliphatic imine (C=N–C) groups is 1. The van der Waals surface area contributed by atoms with Gasteiger partial charge in [0.05, 0.1) is 10.8 Å². The highest BCUT2D eigenvalue weighted by Crippen LogP contribution is 2.53. The molecular formula is C15H16N4O3. The first-order valence-corrected chi connectivity index (χ1v) is 7.03. The Morgan fingerprint density at radius 1 is 1.18 bits per heavy atom. The second kappa shape index (κ2) is 5.25. The third kappa shape index (κ3) is 2.34. The molecule has 2 bridgehead atoms. The molecule has 1 saturated carbocycles. The molecule has 0 spiro atoms. The van der Waals surface area contributed by atoms with Crippen molar-refractivity contribution in [3.8, 4) is 0 Å². The van der Waals surface area contributed by atoms with Gasteiger partial charge < -0.3 is 11.5 Å². The maximum atomic E-state index is 12.3. The van der Waals surface area contributed by atoms with Gasteiger partial charge in [-0.3, -0.25) is 14.9 Å². The molecule has 2 unspecified atom stereocenters. The van der Waals surface area contributed by atoms with Gasteiger partial charge in [-0.05, 0) is 23.8 Å². The summed E-state index contributed by atoms with van der Waals surface area (Å²) in [7, 11) is 0. The van der Waals surface area contributed by atoms with Crippen LogP contribution in [0.4, 0.5) is 5.69 Å². The third-order valence-corrected chi connectivity index (χ3v) is 4.47. The van der Waals surface area contributed by atoms with E-state index in [9.17, 15) is 14.9 Å². The molecule has 4 N–H and O–H groups in total. The summed E-state index contributed by atoms with van der Waals surface area (Å²) in [6.07, 6.45) is 5.03. The minimum atomic E-state index is -0.438. The summed E-state index contributed by atoms with van der Waals surface area (Å²) in [5, 5.41) is 10.7. The van der Waals surface area contributed by atoms with Gasteiger partial charge in [-0.1, -0.05) is 24.3 Å². The number of carbonyl (C=O) groups is 1. The fourth-order valence-corrected chi connectivity index (χ4v) is 3.63. The summed E-state index contributed by atoms with van der Waals surface area (Å²) < 4.78 is 0. The van der Waals surface area contributed by atoms with Gasteiger partial charge in [0.15, 0.2) is 5.96 Å². The van der Waals surface area contributed by atoms with Crippen LogP contribution in [0.2, 0.25) is 0 Å². The van der Waals surface area contributed by atoms with E-state index in [2.05, 4.69) is 11.1 Å². The number of benzene rings is 1. The van der Waals surface area contributed by atoms with Crippen molar-refractivity contribution in [2.75, 3.05) is 0 Å². The number of allylic oxidation sites excluding steroid dienone is 2. The van der Waals surface area contributed by atoms with Crippen molar-refractivity contribution < 1.29 is 9.72 Å². The van der Waals surface area contributed by atoms with E-state index in [4.69, 9.17) is 11.5 Å². The quantitative estimate of drug-likeness (QED) is 0.286. The zero-order chi connectivity index (χ0) is 15.9. The Hall–Kier alpha value is -2.70. The predicted molar refractivity (Wildman–Crippen MR) is 80.9 cm³/mol. The van der Waals surface area contributed by atoms with Crippen molar-refractivity contribution in [3.63, 3.8) is 0 Å². The van der Waals surface area contributed by atoms with Gasteiger partial charge in [0.25, 0.3) is 11.6 Å². The first-order valence-electron chi connectivity index (χ1n) is 7.03. The molecule has 1 aromatic rings. The van der Waals surface area contributed by atoms with Gasteiger partial charge >= 0.3 is 0 Å². The molecule has 1 aromatic carbocycles. The Labute approximate surface area is 126 Å². The van der Waals surface area contributed by atoms with E-state index in [1.54, 1.807) is 12.1 Å². The van der Waals surface area contributed by atoms with Crippen LogP contribution in [0.1, 0.15) is 17.9 Å². The second-order valence-electron chi connectivity index (χ2n) is 5.72. The smallest absolute Gasteiger partial charge is 0.269 e. The lowest BCUT2D eigenvalue weighted by Crippen LogP contribution is -2.30. The summed E-state index contributed by atoms with van der Waals surface area (Å²) in [4.78, 5) is 26.3. The molecule has 0 aromatic heterocycles. The van der Waals surface area contributed by atoms with E-state index in [1.165, 1.54) is 12.1 Å². The zero-order valence-corrected chi connectivity index (χ0v) is 11.8. The van der Waals surface area contributed by atoms with Crippen molar-refractivity contribution in [1.82, 2.24) is 0 Å². The SMILES string of the molecule is NC(N)=NC(=O)C1C(c2ccc([N+](=O)[O-])cc2)[C@@H]2C=C[C@H]1C2. The van der Waals surface area contributed by atoms with Gasteiger partial charge in [0.1, 0.15) is 0 Å². The number of rotatable bonds is 3. The molecule has 1 fully saturated rings. The van der Waals surface area contributed by atoms with E-state index in [0.717, 1.165) is 12.0 Å². The highest BCUT2D eigenvalue weighted by molar-refractivity contribution is 5.93. The van der Waals surface area contributed by atoms with Crippen molar-refractivity contribution >= 4 is 17.6 Å². The van der Waals surface area contributed by atoms with Crippen LogP contribution < -0.4 is 11.5 Å². The van der Waals surface area contributed by atoms with Crippen molar-refractivity contribution in [2.24, 2.45) is 34.2 Å². The first-order chi connectivity index (χ1) is 10.5. The Bertz CT molecular complexity index is 677. The topological polar surface area (TPSA) is 125 Å². The number of carbonyl (C=O) groups excluding carboxylic acids is 1. The molecule has 0 aliphatic heterocycles. The largest absolute Gasteiger partial charge is 0.370 e. The molecular weight excluding hydrogens is 284 g/mol. The van der Waals surface area contributed by atoms with E-state index in [1.807, 2.05) is 6.08 Å². The number of nitrogens with two attached hydrogens (primary N) is 2. The zero-order valence-electron chi connectivity index (χ0n) is 11.8. The number of amides is 1. The van der Waals surface area contributed by atoms with Crippen LogP contribution in [0, 0.1) is 27.9 Å². The average Bonchev–Trinajstić information content (AvgIpc) is 3.07. The van der Waals surface area contributed by atoms with Crippen LogP contribution in [0.3, 0.4) is 0 Å². The number of guanidine groups is 1. The van der Waals surface area contributed by atoms with Crippen LogP contribution in [0.5, 0.6) is 0 Å². The molecule has 1 amide bonds. The molecule has 4 atom stereocenters. The number of nitro benzene ring substituents is 1. The average molecular weight is 300 g/mol. The lowest BCUT2D eigenvalue weighted by Gasteiger charge is -2.25. The van der Waals surface area contributed by atoms with Gasteiger partial charge in [0, 0.05) is 18.1 Å². The fraction of sp³-hybridized carbons (Fsp3) is 0.333. The van der Waals surface area contributed by atoms with Crippen LogP contribution in [0.25, 0.3) is 0 Å². The minimum Gasteiger partial charge on any atom is -0.370 e. The molecule has 2 aliphatic rings. The summed E-state index contributed by atoms with van der Waals surface area (Å²) >= 11 is 0. The first kappa shape index (κ1) is 14.2. The molecule has 0 radical (unpaired) electrons. The fourth-order valence-electron chi connectivity index (χ4n) is 3.63. The Morgan fingerprint density at radius 2 is 1.82 bits per heavy atom. The van der Waals surface area contributed by atoms with E-state index in [0.29, 0.717) is 0 Å². The van der Waals surface area contributed by atoms with Crippen molar-refractivity contribution in [3.05, 3.63) is 52.1 Å². The van der Waals surface area contributed by atoms with Gasteiger partial charge in [-0.2, -0.15) is 4.99 Å². The standard InChI is InChI=1S/C15H16N4O3/c16-15(17)18-14(20)13-10-2-1-9(7-10)12(13)8-3-5-11(6-4-8)19(21)22/h1-6,9-10,12-13H,7H2,(H4,16,17,18,20)/t9-,10+,12?,13?/m1/s1. The van der Waals surface area contributed by atoms with Gasteiger partial charge in [-0.25, -0.2) is 0 Å². The molecule has 3 rings (SSSR count). The van der Waals surface area contributed by atoms with E-state index >= 15 is 0 Å². The van der Waals surface area contributed by atoms with Crippen LogP contribution in [-0.2, 0) is 4.79 Å². The number of non-ortho nitro benzene ring substituents is 1. The van der Waals surface area contributed by atoms with E-state index in [-0.39, 0.29) is 41.2 Å². The minimum absolute atomic E-state index is 0.0357. The molecule has 0 heterocycles. The van der Waals surface area contributed by atoms with Crippen molar-refractivity contribution in [2.45, 2.75) is 12.3 Å². The Morgan fingerprint density at radius 3 is 2.41 bits per heavy atom. The normalized spacial score (nSPS) is 28.5. The van der Waals surface area contributed by atoms with Crippen LogP contribution in [-0.4, -0.2) is 16.8 Å². The number of hydrogen-bond acceptors (Lipinski definition) is 3. The highest BCUT2D eigenvalue weighted by atomic mass is 16.6. The number of fused-ring (bicyclic) bond motifs is 2. The predicted octanol–water partition coefficient (Wildman–Crippen LogP) is 1.30. The van der Waals surface area contributed by atoms with Crippen LogP contribution >= 0.6 is 0 Å². The maximum absolute atomic E-state index is 12.3. The van der Waals surface area contributed by atoms with Crippen molar-refractivity contribution in [1.29, 1.82) is 0 Å². The third-order valence-electron chi connectivity index (χ3n) is 4.47. The monoisotopic (exact) mass is 300 g/mol. The van der Waals surface area contributed by atoms with Gasteiger partial charge in [-0.15, -0.1) is 0 Å². The number of hydrogen-bond donors (Lipinski definition) is 2. The molecule has 7 heteroatoms. The Kier molecular flexibility index (Phi) is 3.40.